The molecule has 0 aromatic rings. The van der Waals surface area contributed by atoms with Gasteiger partial charge in [0.2, 0.25) is 0 Å². The fourth-order valence-corrected chi connectivity index (χ4v) is 4.16. The quantitative estimate of drug-likeness (QED) is 0.155. The second-order valence-corrected chi connectivity index (χ2v) is 9.16. The first-order chi connectivity index (χ1) is 13.3. The molecule has 163 valence electrons. The lowest BCUT2D eigenvalue weighted by Crippen LogP contribution is -1.95. The molecule has 0 aliphatic heterocycles. The van der Waals surface area contributed by atoms with Crippen molar-refractivity contribution in [3.63, 3.8) is 0 Å². The van der Waals surface area contributed by atoms with Crippen molar-refractivity contribution in [2.45, 2.75) is 162 Å². The molecule has 0 aliphatic carbocycles. The van der Waals surface area contributed by atoms with E-state index in [1.807, 2.05) is 0 Å². The van der Waals surface area contributed by atoms with Crippen LogP contribution in [-0.2, 0) is 0 Å². The van der Waals surface area contributed by atoms with E-state index in [1.54, 1.807) is 0 Å². The molecule has 27 heavy (non-hydrogen) atoms. The van der Waals surface area contributed by atoms with Gasteiger partial charge in [-0.3, -0.25) is 0 Å². The summed E-state index contributed by atoms with van der Waals surface area (Å²) in [6, 6.07) is 0. The molecule has 0 heterocycles. The molecular weight excluding hydrogens is 324 g/mol. The Bertz CT molecular complexity index is 244. The van der Waals surface area contributed by atoms with Gasteiger partial charge in [0.25, 0.3) is 0 Å². The minimum atomic E-state index is 0.720. The van der Waals surface area contributed by atoms with Crippen LogP contribution in [0.4, 0.5) is 0 Å². The van der Waals surface area contributed by atoms with Gasteiger partial charge in [0.15, 0.2) is 0 Å². The van der Waals surface area contributed by atoms with Gasteiger partial charge in [0.05, 0.1) is 0 Å². The molecule has 0 heteroatoms. The van der Waals surface area contributed by atoms with Crippen LogP contribution in [0.1, 0.15) is 162 Å². The molecule has 0 rings (SSSR count). The molecular formula is C27H55. The lowest BCUT2D eigenvalue weighted by atomic mass is 9.95. The molecule has 0 aliphatic rings. The molecule has 0 aromatic carbocycles. The Hall–Kier alpha value is 0. The van der Waals surface area contributed by atoms with Gasteiger partial charge in [-0.05, 0) is 5.92 Å². The zero-order valence-electron chi connectivity index (χ0n) is 19.5. The van der Waals surface area contributed by atoms with Crippen molar-refractivity contribution in [2.75, 3.05) is 0 Å². The third kappa shape index (κ3) is 24.0. The van der Waals surface area contributed by atoms with E-state index in [4.69, 9.17) is 0 Å². The molecule has 0 saturated carbocycles. The third-order valence-electron chi connectivity index (χ3n) is 6.18. The first-order valence-corrected chi connectivity index (χ1v) is 13.1. The maximum absolute atomic E-state index is 4.39. The summed E-state index contributed by atoms with van der Waals surface area (Å²) in [6.45, 7) is 8.99. The lowest BCUT2D eigenvalue weighted by molar-refractivity contribution is 0.459. The number of unbranched alkanes of at least 4 members (excludes halogenated alkanes) is 19. The summed E-state index contributed by atoms with van der Waals surface area (Å²) in [4.78, 5) is 0. The van der Waals surface area contributed by atoms with Crippen LogP contribution in [0.25, 0.3) is 0 Å². The Balaban J connectivity index is 3.12. The molecule has 1 unspecified atom stereocenters. The van der Waals surface area contributed by atoms with Crippen LogP contribution in [-0.4, -0.2) is 0 Å². The highest BCUT2D eigenvalue weighted by molar-refractivity contribution is 4.62. The zero-order valence-corrected chi connectivity index (χ0v) is 19.5. The van der Waals surface area contributed by atoms with Gasteiger partial charge in [-0.2, -0.15) is 0 Å². The maximum atomic E-state index is 4.39. The van der Waals surface area contributed by atoms with Crippen molar-refractivity contribution >= 4 is 0 Å². The molecule has 1 atom stereocenters. The van der Waals surface area contributed by atoms with E-state index in [1.165, 1.54) is 148 Å². The highest BCUT2D eigenvalue weighted by Gasteiger charge is 2.02. The summed E-state index contributed by atoms with van der Waals surface area (Å²) < 4.78 is 0. The van der Waals surface area contributed by atoms with Gasteiger partial charge in [-0.25, -0.2) is 0 Å². The second-order valence-electron chi connectivity index (χ2n) is 9.16. The molecule has 0 saturated heterocycles. The molecule has 0 spiro atoms. The van der Waals surface area contributed by atoms with Crippen molar-refractivity contribution in [2.24, 2.45) is 5.92 Å². The molecule has 0 fully saturated rings. The number of hydrogen-bond donors (Lipinski definition) is 0. The maximum Gasteiger partial charge on any atom is -0.0414 e. The van der Waals surface area contributed by atoms with Crippen molar-refractivity contribution < 1.29 is 0 Å². The van der Waals surface area contributed by atoms with Crippen LogP contribution in [0.15, 0.2) is 0 Å². The van der Waals surface area contributed by atoms with Crippen LogP contribution < -0.4 is 0 Å². The fourth-order valence-electron chi connectivity index (χ4n) is 4.16. The topological polar surface area (TPSA) is 0 Å². The van der Waals surface area contributed by atoms with Crippen LogP contribution in [0, 0.1) is 12.8 Å². The van der Waals surface area contributed by atoms with Crippen LogP contribution in [0.2, 0.25) is 0 Å². The summed E-state index contributed by atoms with van der Waals surface area (Å²) in [5, 5.41) is 0. The van der Waals surface area contributed by atoms with Gasteiger partial charge in [-0.1, -0.05) is 168 Å². The molecule has 0 bridgehead atoms. The predicted molar refractivity (Wildman–Crippen MR) is 126 cm³/mol. The van der Waals surface area contributed by atoms with Crippen LogP contribution >= 0.6 is 0 Å². The monoisotopic (exact) mass is 379 g/mol. The van der Waals surface area contributed by atoms with Gasteiger partial charge >= 0.3 is 0 Å². The fraction of sp³-hybridized carbons (Fsp3) is 0.963. The average molecular weight is 380 g/mol. The van der Waals surface area contributed by atoms with Crippen LogP contribution in [0.5, 0.6) is 0 Å². The van der Waals surface area contributed by atoms with E-state index < -0.39 is 0 Å². The van der Waals surface area contributed by atoms with E-state index >= 15 is 0 Å². The minimum absolute atomic E-state index is 0.720. The van der Waals surface area contributed by atoms with Crippen molar-refractivity contribution in [1.82, 2.24) is 0 Å². The molecule has 0 amide bonds. The lowest BCUT2D eigenvalue weighted by Gasteiger charge is -2.11. The van der Waals surface area contributed by atoms with Crippen molar-refractivity contribution in [3.05, 3.63) is 6.92 Å². The molecule has 0 N–H and O–H groups in total. The first-order valence-electron chi connectivity index (χ1n) is 13.1. The Morgan fingerprint density at radius 2 is 0.593 bits per heavy atom. The van der Waals surface area contributed by atoms with E-state index in [-0.39, 0.29) is 0 Å². The SMILES string of the molecule is [CH2]C(CCCCCCCCCCC)CCCCCCCCCCCCCC. The standard InChI is InChI=1S/C27H55/c1-4-6-8-10-12-14-15-16-18-20-22-24-26-27(3)25-23-21-19-17-13-11-9-7-5-2/h27H,3-26H2,1-2H3. The smallest absolute Gasteiger partial charge is 0.0414 e. The summed E-state index contributed by atoms with van der Waals surface area (Å²) in [5.41, 5.74) is 0. The second kappa shape index (κ2) is 24.0. The largest absolute Gasteiger partial charge is 0.0654 e. The van der Waals surface area contributed by atoms with Crippen molar-refractivity contribution in [1.29, 1.82) is 0 Å². The average Bonchev–Trinajstić information content (AvgIpc) is 2.67. The first kappa shape index (κ1) is 27.0. The summed E-state index contributed by atoms with van der Waals surface area (Å²) >= 11 is 0. The van der Waals surface area contributed by atoms with E-state index in [9.17, 15) is 0 Å². The van der Waals surface area contributed by atoms with E-state index in [0.717, 1.165) is 5.92 Å². The van der Waals surface area contributed by atoms with Crippen molar-refractivity contribution in [3.8, 4) is 0 Å². The third-order valence-corrected chi connectivity index (χ3v) is 6.18. The van der Waals surface area contributed by atoms with Crippen LogP contribution in [0.3, 0.4) is 0 Å². The normalized spacial score (nSPS) is 12.6. The highest BCUT2D eigenvalue weighted by Crippen LogP contribution is 2.19. The Kier molecular flexibility index (Phi) is 24.0. The molecule has 1 radical (unpaired) electrons. The van der Waals surface area contributed by atoms with Gasteiger partial charge in [-0.15, -0.1) is 0 Å². The zero-order chi connectivity index (χ0) is 19.8. The summed E-state index contributed by atoms with van der Waals surface area (Å²) in [7, 11) is 0. The number of hydrogen-bond acceptors (Lipinski definition) is 0. The molecule has 0 aromatic heterocycles. The molecule has 0 nitrogen and oxygen atoms in total. The Morgan fingerprint density at radius 1 is 0.370 bits per heavy atom. The van der Waals surface area contributed by atoms with E-state index in [0.29, 0.717) is 0 Å². The Morgan fingerprint density at radius 3 is 0.852 bits per heavy atom. The number of rotatable bonds is 23. The van der Waals surface area contributed by atoms with Gasteiger partial charge < -0.3 is 0 Å². The van der Waals surface area contributed by atoms with E-state index in [2.05, 4.69) is 20.8 Å². The minimum Gasteiger partial charge on any atom is -0.0654 e. The predicted octanol–water partition coefficient (Wildman–Crippen LogP) is 10.4. The highest BCUT2D eigenvalue weighted by atomic mass is 14.1. The summed E-state index contributed by atoms with van der Waals surface area (Å²) in [6.07, 6.45) is 33.1. The summed E-state index contributed by atoms with van der Waals surface area (Å²) in [5.74, 6) is 0.720. The van der Waals surface area contributed by atoms with Gasteiger partial charge in [0.1, 0.15) is 0 Å². The Labute approximate surface area is 174 Å². The van der Waals surface area contributed by atoms with Gasteiger partial charge in [0, 0.05) is 0 Å².